The molecule has 0 saturated heterocycles. The molecular formula is C11H13N5OS. The molecule has 0 fully saturated rings. The normalized spacial score (nSPS) is 12.1. The number of nitrogen functional groups attached to an aromatic ring is 1. The lowest BCUT2D eigenvalue weighted by Gasteiger charge is -2.10. The highest BCUT2D eigenvalue weighted by Crippen LogP contribution is 2.18. The molecule has 2 heterocycles. The van der Waals surface area contributed by atoms with Gasteiger partial charge in [0.05, 0.1) is 12.5 Å². The van der Waals surface area contributed by atoms with Crippen LogP contribution >= 0.6 is 11.3 Å². The van der Waals surface area contributed by atoms with Crippen LogP contribution in [0.4, 0.5) is 5.13 Å². The number of pyridine rings is 1. The summed E-state index contributed by atoms with van der Waals surface area (Å²) in [6.07, 6.45) is 3.65. The molecule has 0 saturated carbocycles. The molecule has 94 valence electrons. The molecular weight excluding hydrogens is 250 g/mol. The molecule has 0 radical (unpaired) electrons. The zero-order valence-corrected chi connectivity index (χ0v) is 10.6. The average Bonchev–Trinajstić information content (AvgIpc) is 2.77. The van der Waals surface area contributed by atoms with Gasteiger partial charge in [-0.1, -0.05) is 17.4 Å². The number of carbonyl (C=O) groups excluding carboxylic acids is 1. The Labute approximate surface area is 108 Å². The van der Waals surface area contributed by atoms with Crippen molar-refractivity contribution in [1.29, 1.82) is 0 Å². The maximum atomic E-state index is 11.8. The third kappa shape index (κ3) is 3.24. The van der Waals surface area contributed by atoms with E-state index in [0.29, 0.717) is 16.6 Å². The summed E-state index contributed by atoms with van der Waals surface area (Å²) in [5.74, 6) is -0.0794. The summed E-state index contributed by atoms with van der Waals surface area (Å²) in [7, 11) is 0. The maximum absolute atomic E-state index is 11.8. The number of nitrogens with zero attached hydrogens (tertiary/aromatic N) is 3. The highest BCUT2D eigenvalue weighted by Gasteiger charge is 2.14. The van der Waals surface area contributed by atoms with Crippen molar-refractivity contribution in [3.05, 3.63) is 35.1 Å². The molecule has 2 aromatic heterocycles. The van der Waals surface area contributed by atoms with Gasteiger partial charge in [-0.25, -0.2) is 0 Å². The van der Waals surface area contributed by atoms with E-state index in [0.717, 1.165) is 5.56 Å². The second-order valence-electron chi connectivity index (χ2n) is 3.81. The quantitative estimate of drug-likeness (QED) is 0.856. The van der Waals surface area contributed by atoms with Gasteiger partial charge in [-0.3, -0.25) is 9.78 Å². The monoisotopic (exact) mass is 263 g/mol. The van der Waals surface area contributed by atoms with Gasteiger partial charge < -0.3 is 11.1 Å². The largest absolute Gasteiger partial charge is 0.374 e. The predicted molar refractivity (Wildman–Crippen MR) is 68.8 cm³/mol. The summed E-state index contributed by atoms with van der Waals surface area (Å²) < 4.78 is 0. The molecule has 0 unspecified atom stereocenters. The van der Waals surface area contributed by atoms with Crippen molar-refractivity contribution in [2.75, 3.05) is 5.73 Å². The smallest absolute Gasteiger partial charge is 0.225 e. The maximum Gasteiger partial charge on any atom is 0.225 e. The topological polar surface area (TPSA) is 93.8 Å². The Hall–Kier alpha value is -2.02. The Morgan fingerprint density at radius 3 is 3.00 bits per heavy atom. The van der Waals surface area contributed by atoms with Gasteiger partial charge in [-0.05, 0) is 18.6 Å². The fourth-order valence-corrected chi connectivity index (χ4v) is 2.08. The van der Waals surface area contributed by atoms with Gasteiger partial charge in [0, 0.05) is 12.4 Å². The lowest BCUT2D eigenvalue weighted by molar-refractivity contribution is -0.121. The Morgan fingerprint density at radius 2 is 2.39 bits per heavy atom. The first kappa shape index (κ1) is 12.4. The number of amides is 1. The summed E-state index contributed by atoms with van der Waals surface area (Å²) in [5.41, 5.74) is 6.37. The van der Waals surface area contributed by atoms with Crippen molar-refractivity contribution in [2.45, 2.75) is 19.4 Å². The molecule has 18 heavy (non-hydrogen) atoms. The first-order valence-electron chi connectivity index (χ1n) is 5.42. The minimum Gasteiger partial charge on any atom is -0.374 e. The molecule has 0 aromatic carbocycles. The molecule has 0 aliphatic rings. The van der Waals surface area contributed by atoms with Gasteiger partial charge in [-0.2, -0.15) is 0 Å². The molecule has 2 rings (SSSR count). The number of anilines is 1. The average molecular weight is 263 g/mol. The van der Waals surface area contributed by atoms with E-state index in [1.54, 1.807) is 18.5 Å². The Balaban J connectivity index is 1.92. The van der Waals surface area contributed by atoms with Gasteiger partial charge in [0.2, 0.25) is 11.0 Å². The summed E-state index contributed by atoms with van der Waals surface area (Å²) in [4.78, 5) is 15.8. The van der Waals surface area contributed by atoms with Crippen LogP contribution < -0.4 is 11.1 Å². The van der Waals surface area contributed by atoms with E-state index in [1.165, 1.54) is 11.3 Å². The fraction of sp³-hybridized carbons (Fsp3) is 0.273. The predicted octanol–water partition coefficient (Wildman–Crippen LogP) is 0.935. The molecule has 0 aliphatic heterocycles. The lowest BCUT2D eigenvalue weighted by atomic mass is 10.2. The van der Waals surface area contributed by atoms with E-state index in [4.69, 9.17) is 5.73 Å². The van der Waals surface area contributed by atoms with Crippen molar-refractivity contribution in [3.8, 4) is 0 Å². The second kappa shape index (κ2) is 5.54. The van der Waals surface area contributed by atoms with Crippen molar-refractivity contribution in [2.24, 2.45) is 0 Å². The van der Waals surface area contributed by atoms with Gasteiger partial charge >= 0.3 is 0 Å². The van der Waals surface area contributed by atoms with E-state index >= 15 is 0 Å². The van der Waals surface area contributed by atoms with Crippen molar-refractivity contribution in [3.63, 3.8) is 0 Å². The number of hydrogen-bond donors (Lipinski definition) is 2. The Morgan fingerprint density at radius 1 is 1.56 bits per heavy atom. The van der Waals surface area contributed by atoms with Gasteiger partial charge in [0.25, 0.3) is 0 Å². The number of rotatable bonds is 4. The summed E-state index contributed by atoms with van der Waals surface area (Å²) in [5, 5.41) is 11.6. The summed E-state index contributed by atoms with van der Waals surface area (Å²) in [6.45, 7) is 1.85. The highest BCUT2D eigenvalue weighted by molar-refractivity contribution is 7.15. The lowest BCUT2D eigenvalue weighted by Crippen LogP contribution is -2.28. The molecule has 2 aromatic rings. The van der Waals surface area contributed by atoms with E-state index in [2.05, 4.69) is 20.5 Å². The number of aromatic nitrogens is 3. The number of hydrogen-bond acceptors (Lipinski definition) is 6. The number of carbonyl (C=O) groups is 1. The Bertz CT molecular complexity index is 527. The molecule has 1 amide bonds. The van der Waals surface area contributed by atoms with Crippen molar-refractivity contribution >= 4 is 22.4 Å². The molecule has 7 heteroatoms. The van der Waals surface area contributed by atoms with Crippen LogP contribution in [0, 0.1) is 0 Å². The zero-order valence-electron chi connectivity index (χ0n) is 9.83. The first-order chi connectivity index (χ1) is 8.65. The standard InChI is InChI=1S/C11H13N5OS/c1-7(10-15-16-11(12)18-10)14-9(17)5-8-3-2-4-13-6-8/h2-4,6-7H,5H2,1H3,(H2,12,16)(H,14,17)/t7-/m1/s1. The minimum absolute atomic E-state index is 0.0794. The van der Waals surface area contributed by atoms with E-state index in [1.807, 2.05) is 13.0 Å². The summed E-state index contributed by atoms with van der Waals surface area (Å²) >= 11 is 1.27. The van der Waals surface area contributed by atoms with Crippen LogP contribution in [-0.4, -0.2) is 21.1 Å². The molecule has 0 bridgehead atoms. The van der Waals surface area contributed by atoms with Crippen LogP contribution in [0.5, 0.6) is 0 Å². The SMILES string of the molecule is C[C@@H](NC(=O)Cc1cccnc1)c1nnc(N)s1. The molecule has 3 N–H and O–H groups in total. The van der Waals surface area contributed by atoms with Crippen LogP contribution in [0.1, 0.15) is 23.5 Å². The van der Waals surface area contributed by atoms with Crippen molar-refractivity contribution < 1.29 is 4.79 Å². The summed E-state index contributed by atoms with van der Waals surface area (Å²) in [6, 6.07) is 3.47. The van der Waals surface area contributed by atoms with Gasteiger partial charge in [0.15, 0.2) is 0 Å². The fourth-order valence-electron chi connectivity index (χ4n) is 1.46. The molecule has 0 spiro atoms. The molecule has 6 nitrogen and oxygen atoms in total. The minimum atomic E-state index is -0.191. The number of nitrogens with two attached hydrogens (primary N) is 1. The zero-order chi connectivity index (χ0) is 13.0. The highest BCUT2D eigenvalue weighted by atomic mass is 32.1. The van der Waals surface area contributed by atoms with Crippen LogP contribution in [0.3, 0.4) is 0 Å². The van der Waals surface area contributed by atoms with Crippen LogP contribution in [-0.2, 0) is 11.2 Å². The van der Waals surface area contributed by atoms with E-state index in [9.17, 15) is 4.79 Å². The van der Waals surface area contributed by atoms with Gasteiger partial charge in [0.1, 0.15) is 5.01 Å². The van der Waals surface area contributed by atoms with Crippen molar-refractivity contribution in [1.82, 2.24) is 20.5 Å². The van der Waals surface area contributed by atoms with Gasteiger partial charge in [-0.15, -0.1) is 10.2 Å². The van der Waals surface area contributed by atoms with E-state index < -0.39 is 0 Å². The third-order valence-corrected chi connectivity index (χ3v) is 3.23. The van der Waals surface area contributed by atoms with Crippen LogP contribution in [0.25, 0.3) is 0 Å². The molecule has 1 atom stereocenters. The molecule has 0 aliphatic carbocycles. The first-order valence-corrected chi connectivity index (χ1v) is 6.24. The van der Waals surface area contributed by atoms with E-state index in [-0.39, 0.29) is 11.9 Å². The second-order valence-corrected chi connectivity index (χ2v) is 4.85. The van der Waals surface area contributed by atoms with Crippen LogP contribution in [0.2, 0.25) is 0 Å². The Kier molecular flexibility index (Phi) is 3.83. The third-order valence-electron chi connectivity index (χ3n) is 2.29. The van der Waals surface area contributed by atoms with Crippen LogP contribution in [0.15, 0.2) is 24.5 Å². The number of nitrogens with one attached hydrogen (secondary N) is 1.